The van der Waals surface area contributed by atoms with Gasteiger partial charge in [-0.2, -0.15) is 0 Å². The Balaban J connectivity index is 1.96. The minimum absolute atomic E-state index is 0.0351. The number of phenols is 2. The van der Waals surface area contributed by atoms with E-state index in [0.717, 1.165) is 11.6 Å². The number of benzene rings is 2. The van der Waals surface area contributed by atoms with Crippen molar-refractivity contribution in [3.05, 3.63) is 57.8 Å². The molecule has 0 aliphatic carbocycles. The van der Waals surface area contributed by atoms with Gasteiger partial charge in [0.05, 0.1) is 13.2 Å². The molecule has 0 bridgehead atoms. The zero-order valence-electron chi connectivity index (χ0n) is 20.8. The van der Waals surface area contributed by atoms with Gasteiger partial charge in [-0.15, -0.1) is 0 Å². The van der Waals surface area contributed by atoms with Gasteiger partial charge in [-0.1, -0.05) is 11.6 Å². The van der Waals surface area contributed by atoms with Crippen LogP contribution in [0.5, 0.6) is 23.0 Å². The molecule has 2 aromatic carbocycles. The molecule has 0 saturated carbocycles. The normalized spacial score (nSPS) is 23.6. The summed E-state index contributed by atoms with van der Waals surface area (Å²) in [7, 11) is 1.50. The van der Waals surface area contributed by atoms with Crippen LogP contribution in [0.4, 0.5) is 0 Å². The van der Waals surface area contributed by atoms with E-state index >= 15 is 0 Å². The fraction of sp³-hybridized carbons (Fsp3) is 0.370. The highest BCUT2D eigenvalue weighted by Crippen LogP contribution is 2.40. The molecular formula is C27H30O10. The van der Waals surface area contributed by atoms with E-state index in [-0.39, 0.29) is 34.5 Å². The number of aliphatic hydroxyl groups is 3. The summed E-state index contributed by atoms with van der Waals surface area (Å²) < 4.78 is 22.7. The first kappa shape index (κ1) is 26.5. The number of fused-ring (bicyclic) bond motifs is 1. The molecule has 4 rings (SSSR count). The molecule has 5 atom stereocenters. The van der Waals surface area contributed by atoms with Gasteiger partial charge in [0, 0.05) is 17.2 Å². The fourth-order valence-electron chi connectivity index (χ4n) is 4.14. The van der Waals surface area contributed by atoms with Gasteiger partial charge in [0.25, 0.3) is 0 Å². The predicted molar refractivity (Wildman–Crippen MR) is 134 cm³/mol. The molecule has 1 unspecified atom stereocenters. The van der Waals surface area contributed by atoms with Crippen LogP contribution in [-0.4, -0.2) is 63.3 Å². The topological polar surface area (TPSA) is 159 Å². The van der Waals surface area contributed by atoms with Crippen LogP contribution in [0.1, 0.15) is 26.3 Å². The van der Waals surface area contributed by atoms with Gasteiger partial charge in [0.2, 0.25) is 17.5 Å². The van der Waals surface area contributed by atoms with Gasteiger partial charge in [-0.3, -0.25) is 4.79 Å². The van der Waals surface area contributed by atoms with Crippen LogP contribution >= 0.6 is 0 Å². The summed E-state index contributed by atoms with van der Waals surface area (Å²) in [6.45, 7) is 5.24. The largest absolute Gasteiger partial charge is 0.507 e. The van der Waals surface area contributed by atoms with E-state index in [1.165, 1.54) is 14.0 Å². The molecule has 0 spiro atoms. The average Bonchev–Trinajstić information content (AvgIpc) is 2.86. The lowest BCUT2D eigenvalue weighted by Gasteiger charge is -2.38. The van der Waals surface area contributed by atoms with E-state index in [4.69, 9.17) is 18.6 Å². The molecule has 198 valence electrons. The van der Waals surface area contributed by atoms with Crippen molar-refractivity contribution < 1.29 is 44.2 Å². The number of aromatic hydroxyl groups is 2. The molecule has 1 saturated heterocycles. The Labute approximate surface area is 212 Å². The second-order valence-electron chi connectivity index (χ2n) is 9.20. The number of ether oxygens (including phenoxy) is 3. The first-order valence-electron chi connectivity index (χ1n) is 11.7. The highest BCUT2D eigenvalue weighted by molar-refractivity contribution is 5.91. The van der Waals surface area contributed by atoms with Crippen LogP contribution in [0, 0.1) is 0 Å². The molecule has 1 aromatic heterocycles. The van der Waals surface area contributed by atoms with Crippen LogP contribution in [0.3, 0.4) is 0 Å². The molecule has 0 amide bonds. The van der Waals surface area contributed by atoms with Gasteiger partial charge in [0.15, 0.2) is 5.76 Å². The van der Waals surface area contributed by atoms with Crippen molar-refractivity contribution >= 4 is 11.0 Å². The highest BCUT2D eigenvalue weighted by Gasteiger charge is 2.44. The Bertz CT molecular complexity index is 1370. The third-order valence-electron chi connectivity index (χ3n) is 6.29. The van der Waals surface area contributed by atoms with E-state index in [1.807, 2.05) is 19.9 Å². The van der Waals surface area contributed by atoms with Gasteiger partial charge >= 0.3 is 0 Å². The number of allylic oxidation sites excluding steroid dienone is 2. The first-order chi connectivity index (χ1) is 17.5. The lowest BCUT2D eigenvalue weighted by atomic mass is 10.00. The number of hydrogen-bond acceptors (Lipinski definition) is 10. The molecule has 5 N–H and O–H groups in total. The second kappa shape index (κ2) is 10.4. The van der Waals surface area contributed by atoms with Crippen molar-refractivity contribution in [3.63, 3.8) is 0 Å². The van der Waals surface area contributed by atoms with Crippen LogP contribution < -0.4 is 14.9 Å². The van der Waals surface area contributed by atoms with E-state index in [2.05, 4.69) is 0 Å². The lowest BCUT2D eigenvalue weighted by molar-refractivity contribution is -0.268. The number of aliphatic hydroxyl groups excluding tert-OH is 3. The van der Waals surface area contributed by atoms with E-state index in [0.29, 0.717) is 11.3 Å². The van der Waals surface area contributed by atoms with Crippen molar-refractivity contribution in [3.8, 4) is 34.3 Å². The Morgan fingerprint density at radius 2 is 1.70 bits per heavy atom. The zero-order valence-corrected chi connectivity index (χ0v) is 20.8. The molecule has 10 heteroatoms. The second-order valence-corrected chi connectivity index (χ2v) is 9.20. The summed E-state index contributed by atoms with van der Waals surface area (Å²) in [5.41, 5.74) is 0.828. The first-order valence-corrected chi connectivity index (χ1v) is 11.7. The van der Waals surface area contributed by atoms with Crippen molar-refractivity contribution in [2.45, 2.75) is 57.9 Å². The van der Waals surface area contributed by atoms with Gasteiger partial charge in [0.1, 0.15) is 46.5 Å². The number of methoxy groups -OCH3 is 1. The molecule has 1 aliphatic rings. The maximum Gasteiger partial charge on any atom is 0.239 e. The Hall–Kier alpha value is -3.57. The smallest absolute Gasteiger partial charge is 0.239 e. The van der Waals surface area contributed by atoms with Gasteiger partial charge in [-0.05, 0) is 51.5 Å². The summed E-state index contributed by atoms with van der Waals surface area (Å²) >= 11 is 0. The molecule has 1 aliphatic heterocycles. The number of rotatable bonds is 6. The van der Waals surface area contributed by atoms with Gasteiger partial charge < -0.3 is 44.2 Å². The lowest BCUT2D eigenvalue weighted by Crippen LogP contribution is -2.58. The maximum absolute atomic E-state index is 13.8. The van der Waals surface area contributed by atoms with E-state index in [9.17, 15) is 30.3 Å². The number of phenolic OH excluding ortho intramolecular Hbond substituents is 2. The van der Waals surface area contributed by atoms with Crippen molar-refractivity contribution in [2.75, 3.05) is 7.11 Å². The van der Waals surface area contributed by atoms with Crippen molar-refractivity contribution in [1.82, 2.24) is 0 Å². The quantitative estimate of drug-likeness (QED) is 0.310. The molecule has 1 fully saturated rings. The molecule has 0 radical (unpaired) electrons. The van der Waals surface area contributed by atoms with Crippen LogP contribution in [0.15, 0.2) is 51.2 Å². The molecule has 2 heterocycles. The van der Waals surface area contributed by atoms with Gasteiger partial charge in [-0.25, -0.2) is 0 Å². The Morgan fingerprint density at radius 1 is 1.03 bits per heavy atom. The van der Waals surface area contributed by atoms with E-state index < -0.39 is 47.6 Å². The minimum Gasteiger partial charge on any atom is -0.507 e. The third-order valence-corrected chi connectivity index (χ3v) is 6.29. The third kappa shape index (κ3) is 5.01. The number of hydrogen-bond donors (Lipinski definition) is 5. The minimum atomic E-state index is -1.69. The molecule has 37 heavy (non-hydrogen) atoms. The van der Waals surface area contributed by atoms with Crippen LogP contribution in [0.2, 0.25) is 0 Å². The van der Waals surface area contributed by atoms with Crippen LogP contribution in [0.25, 0.3) is 22.3 Å². The van der Waals surface area contributed by atoms with Crippen LogP contribution in [-0.2, 0) is 11.2 Å². The SMILES string of the molecule is COc1ccc(-c2oc3c(CC=C(C)C)c(O)cc(O)c3c(=O)c2OC2O[C@H](C)[C@@H](O)[C@H](O)[C@@H]2O)cc1. The Morgan fingerprint density at radius 3 is 2.32 bits per heavy atom. The standard InChI is InChI=1S/C27H30O10/c1-12(2)5-10-16-17(28)11-18(29)19-21(31)26(37-27-23(33)22(32)20(30)13(3)35-27)24(36-25(16)19)14-6-8-15(34-4)9-7-14/h5-9,11,13,20,22-23,27-30,32-33H,10H2,1-4H3/t13-,20-,22+,23+,27?/m1/s1. The molecule has 10 nitrogen and oxygen atoms in total. The molecule has 3 aromatic rings. The summed E-state index contributed by atoms with van der Waals surface area (Å²) in [6.07, 6.45) is -5.03. The summed E-state index contributed by atoms with van der Waals surface area (Å²) in [5.74, 6) is -0.690. The monoisotopic (exact) mass is 514 g/mol. The summed E-state index contributed by atoms with van der Waals surface area (Å²) in [6, 6.07) is 7.57. The van der Waals surface area contributed by atoms with Crippen molar-refractivity contribution in [1.29, 1.82) is 0 Å². The maximum atomic E-state index is 13.8. The Kier molecular flexibility index (Phi) is 7.47. The van der Waals surface area contributed by atoms with Crippen molar-refractivity contribution in [2.24, 2.45) is 0 Å². The van der Waals surface area contributed by atoms with E-state index in [1.54, 1.807) is 24.3 Å². The fourth-order valence-corrected chi connectivity index (χ4v) is 4.14. The summed E-state index contributed by atoms with van der Waals surface area (Å²) in [5, 5.41) is 51.6. The predicted octanol–water partition coefficient (Wildman–Crippen LogP) is 2.59. The average molecular weight is 515 g/mol. The molecular weight excluding hydrogens is 484 g/mol. The summed E-state index contributed by atoms with van der Waals surface area (Å²) in [4.78, 5) is 13.8. The zero-order chi connectivity index (χ0) is 27.0. The highest BCUT2D eigenvalue weighted by atomic mass is 16.7.